The van der Waals surface area contributed by atoms with E-state index in [1.807, 2.05) is 0 Å². The van der Waals surface area contributed by atoms with Crippen LogP contribution in [0.25, 0.3) is 0 Å². The average molecular weight is 271 g/mol. The number of benzene rings is 1. The number of hydrogen-bond acceptors (Lipinski definition) is 2. The topological polar surface area (TPSA) is 29.3 Å². The maximum atomic E-state index is 13.2. The summed E-state index contributed by atoms with van der Waals surface area (Å²) in [4.78, 5) is 2.35. The molecule has 100 valence electrons. The smallest absolute Gasteiger partial charge is 0.123 e. The fourth-order valence-corrected chi connectivity index (χ4v) is 2.74. The summed E-state index contributed by atoms with van der Waals surface area (Å²) in [7, 11) is 0. The molecule has 2 atom stereocenters. The van der Waals surface area contributed by atoms with Gasteiger partial charge in [0.05, 0.1) is 0 Å². The van der Waals surface area contributed by atoms with Gasteiger partial charge < -0.3 is 5.73 Å². The Labute approximate surface area is 113 Å². The molecule has 1 fully saturated rings. The lowest BCUT2D eigenvalue weighted by Gasteiger charge is -2.37. The lowest BCUT2D eigenvalue weighted by atomic mass is 9.93. The first-order valence-electron chi connectivity index (χ1n) is 6.48. The standard InChI is InChI=1S/C14H20ClFN2/c1-10-2-3-11(7-17)8-18(10)9-12-6-13(16)4-5-14(12)15/h4-6,10-11H,2-3,7-9,17H2,1H3. The van der Waals surface area contributed by atoms with Crippen LogP contribution in [0, 0.1) is 11.7 Å². The number of likely N-dealkylation sites (tertiary alicyclic amines) is 1. The molecule has 1 heterocycles. The molecule has 0 bridgehead atoms. The van der Waals surface area contributed by atoms with E-state index < -0.39 is 0 Å². The van der Waals surface area contributed by atoms with Crippen LogP contribution in [0.3, 0.4) is 0 Å². The van der Waals surface area contributed by atoms with Crippen molar-refractivity contribution >= 4 is 11.6 Å². The predicted molar refractivity (Wildman–Crippen MR) is 73.1 cm³/mol. The van der Waals surface area contributed by atoms with E-state index in [-0.39, 0.29) is 5.82 Å². The van der Waals surface area contributed by atoms with Gasteiger partial charge in [-0.3, -0.25) is 4.90 Å². The second-order valence-electron chi connectivity index (χ2n) is 5.19. The molecule has 2 rings (SSSR count). The lowest BCUT2D eigenvalue weighted by Crippen LogP contribution is -2.43. The predicted octanol–water partition coefficient (Wildman–Crippen LogP) is 3.04. The van der Waals surface area contributed by atoms with Gasteiger partial charge in [-0.15, -0.1) is 0 Å². The third kappa shape index (κ3) is 3.22. The molecule has 1 aromatic carbocycles. The quantitative estimate of drug-likeness (QED) is 0.915. The molecule has 0 aliphatic carbocycles. The van der Waals surface area contributed by atoms with Crippen molar-refractivity contribution in [1.29, 1.82) is 0 Å². The SMILES string of the molecule is CC1CCC(CN)CN1Cc1cc(F)ccc1Cl. The molecule has 1 aromatic rings. The van der Waals surface area contributed by atoms with Crippen molar-refractivity contribution in [2.45, 2.75) is 32.4 Å². The monoisotopic (exact) mass is 270 g/mol. The largest absolute Gasteiger partial charge is 0.330 e. The van der Waals surface area contributed by atoms with Crippen LogP contribution in [0.5, 0.6) is 0 Å². The van der Waals surface area contributed by atoms with Crippen molar-refractivity contribution < 1.29 is 4.39 Å². The highest BCUT2D eigenvalue weighted by Gasteiger charge is 2.25. The van der Waals surface area contributed by atoms with Gasteiger partial charge in [0.15, 0.2) is 0 Å². The first-order chi connectivity index (χ1) is 8.60. The van der Waals surface area contributed by atoms with Gasteiger partial charge in [0, 0.05) is 24.2 Å². The number of rotatable bonds is 3. The van der Waals surface area contributed by atoms with Gasteiger partial charge in [0.2, 0.25) is 0 Å². The molecule has 2 nitrogen and oxygen atoms in total. The molecule has 18 heavy (non-hydrogen) atoms. The summed E-state index contributed by atoms with van der Waals surface area (Å²) in [6, 6.07) is 5.06. The van der Waals surface area contributed by atoms with E-state index in [9.17, 15) is 4.39 Å². The maximum Gasteiger partial charge on any atom is 0.123 e. The molecule has 2 N–H and O–H groups in total. The van der Waals surface area contributed by atoms with Gasteiger partial charge in [0.1, 0.15) is 5.82 Å². The summed E-state index contributed by atoms with van der Waals surface area (Å²) < 4.78 is 13.2. The zero-order valence-corrected chi connectivity index (χ0v) is 11.5. The Balaban J connectivity index is 2.09. The number of halogens is 2. The summed E-state index contributed by atoms with van der Waals surface area (Å²) in [6.45, 7) is 4.61. The first kappa shape index (κ1) is 13.8. The molecule has 1 aliphatic rings. The third-order valence-corrected chi connectivity index (χ3v) is 4.19. The Morgan fingerprint density at radius 3 is 2.94 bits per heavy atom. The van der Waals surface area contributed by atoms with Gasteiger partial charge in [-0.2, -0.15) is 0 Å². The normalized spacial score (nSPS) is 25.3. The van der Waals surface area contributed by atoms with Crippen LogP contribution in [0.2, 0.25) is 5.02 Å². The number of nitrogens with zero attached hydrogens (tertiary/aromatic N) is 1. The molecule has 0 aromatic heterocycles. The summed E-state index contributed by atoms with van der Waals surface area (Å²) in [5.74, 6) is 0.322. The fourth-order valence-electron chi connectivity index (χ4n) is 2.56. The summed E-state index contributed by atoms with van der Waals surface area (Å²) >= 11 is 6.12. The van der Waals surface area contributed by atoms with Crippen molar-refractivity contribution in [2.75, 3.05) is 13.1 Å². The zero-order valence-electron chi connectivity index (χ0n) is 10.7. The minimum Gasteiger partial charge on any atom is -0.330 e. The van der Waals surface area contributed by atoms with E-state index in [2.05, 4.69) is 11.8 Å². The fraction of sp³-hybridized carbons (Fsp3) is 0.571. The van der Waals surface area contributed by atoms with Crippen molar-refractivity contribution in [3.8, 4) is 0 Å². The molecule has 2 unspecified atom stereocenters. The van der Waals surface area contributed by atoms with Crippen LogP contribution in [0.1, 0.15) is 25.3 Å². The molecular weight excluding hydrogens is 251 g/mol. The van der Waals surface area contributed by atoms with Crippen molar-refractivity contribution in [1.82, 2.24) is 4.90 Å². The minimum atomic E-state index is -0.227. The van der Waals surface area contributed by atoms with E-state index in [1.54, 1.807) is 6.07 Å². The Hall–Kier alpha value is -0.640. The third-order valence-electron chi connectivity index (χ3n) is 3.82. The second kappa shape index (κ2) is 6.00. The highest BCUT2D eigenvalue weighted by Crippen LogP contribution is 2.25. The molecular formula is C14H20ClFN2. The summed E-state index contributed by atoms with van der Waals surface area (Å²) in [5.41, 5.74) is 6.61. The van der Waals surface area contributed by atoms with Crippen LogP contribution in [0.4, 0.5) is 4.39 Å². The Morgan fingerprint density at radius 2 is 2.22 bits per heavy atom. The maximum absolute atomic E-state index is 13.2. The first-order valence-corrected chi connectivity index (χ1v) is 6.86. The number of piperidine rings is 1. The Bertz CT molecular complexity index is 411. The van der Waals surface area contributed by atoms with E-state index in [0.29, 0.717) is 23.5 Å². The van der Waals surface area contributed by atoms with E-state index in [1.165, 1.54) is 18.6 Å². The van der Waals surface area contributed by atoms with Crippen LogP contribution >= 0.6 is 11.6 Å². The number of hydrogen-bond donors (Lipinski definition) is 1. The van der Waals surface area contributed by atoms with Crippen LogP contribution in [-0.4, -0.2) is 24.0 Å². The lowest BCUT2D eigenvalue weighted by molar-refractivity contribution is 0.113. The zero-order chi connectivity index (χ0) is 13.1. The van der Waals surface area contributed by atoms with Gasteiger partial charge in [-0.25, -0.2) is 4.39 Å². The van der Waals surface area contributed by atoms with Crippen LogP contribution in [-0.2, 0) is 6.54 Å². The molecule has 1 saturated heterocycles. The summed E-state index contributed by atoms with van der Waals surface area (Å²) in [5, 5.41) is 0.637. The Kier molecular flexibility index (Phi) is 4.60. The molecule has 0 spiro atoms. The van der Waals surface area contributed by atoms with E-state index in [4.69, 9.17) is 17.3 Å². The van der Waals surface area contributed by atoms with Crippen molar-refractivity contribution in [3.05, 3.63) is 34.6 Å². The second-order valence-corrected chi connectivity index (χ2v) is 5.60. The minimum absolute atomic E-state index is 0.227. The molecule has 0 saturated carbocycles. The highest BCUT2D eigenvalue weighted by molar-refractivity contribution is 6.31. The van der Waals surface area contributed by atoms with Gasteiger partial charge in [-0.1, -0.05) is 11.6 Å². The molecule has 0 amide bonds. The van der Waals surface area contributed by atoms with Gasteiger partial charge >= 0.3 is 0 Å². The summed E-state index contributed by atoms with van der Waals surface area (Å²) in [6.07, 6.45) is 2.33. The van der Waals surface area contributed by atoms with Crippen LogP contribution < -0.4 is 5.73 Å². The number of nitrogens with two attached hydrogens (primary N) is 1. The molecule has 4 heteroatoms. The van der Waals surface area contributed by atoms with Gasteiger partial charge in [0.25, 0.3) is 0 Å². The van der Waals surface area contributed by atoms with E-state index in [0.717, 1.165) is 25.1 Å². The van der Waals surface area contributed by atoms with Crippen molar-refractivity contribution in [2.24, 2.45) is 11.7 Å². The van der Waals surface area contributed by atoms with Crippen molar-refractivity contribution in [3.63, 3.8) is 0 Å². The molecule has 1 aliphatic heterocycles. The van der Waals surface area contributed by atoms with E-state index >= 15 is 0 Å². The van der Waals surface area contributed by atoms with Gasteiger partial charge in [-0.05, 0) is 56.0 Å². The van der Waals surface area contributed by atoms with Crippen LogP contribution in [0.15, 0.2) is 18.2 Å². The molecule has 0 radical (unpaired) electrons. The highest BCUT2D eigenvalue weighted by atomic mass is 35.5. The average Bonchev–Trinajstić information content (AvgIpc) is 2.36. The Morgan fingerprint density at radius 1 is 1.44 bits per heavy atom.